The number of hydrogen-bond donors (Lipinski definition) is 1. The molecule has 0 saturated carbocycles. The lowest BCUT2D eigenvalue weighted by Gasteiger charge is -2.35. The van der Waals surface area contributed by atoms with Gasteiger partial charge < -0.3 is 19.3 Å². The maximum Gasteiger partial charge on any atom is 0.326 e. The minimum atomic E-state index is -0.465. The van der Waals surface area contributed by atoms with Crippen LogP contribution in [0.1, 0.15) is 35.5 Å². The molecule has 3 aromatic carbocycles. The van der Waals surface area contributed by atoms with Crippen LogP contribution in [0.3, 0.4) is 0 Å². The summed E-state index contributed by atoms with van der Waals surface area (Å²) < 4.78 is 16.6. The lowest BCUT2D eigenvalue weighted by molar-refractivity contribution is 0.244. The van der Waals surface area contributed by atoms with E-state index in [1.54, 1.807) is 31.3 Å². The summed E-state index contributed by atoms with van der Waals surface area (Å²) in [5, 5.41) is 7.40. The number of amides is 2. The Bertz CT molecular complexity index is 1490. The molecule has 37 heavy (non-hydrogen) atoms. The summed E-state index contributed by atoms with van der Waals surface area (Å²) in [6.45, 7) is 5.92. The molecule has 1 unspecified atom stereocenters. The van der Waals surface area contributed by atoms with Gasteiger partial charge in [-0.3, -0.25) is 4.90 Å². The topological polar surface area (TPSA) is 89.7 Å². The molecule has 0 aliphatic carbocycles. The molecule has 2 heterocycles. The number of nitrogens with one attached hydrogen (secondary N) is 1. The SMILES string of the molecule is COc1ccc(-c2noc(C3=C(C)N(c4cccc(C)c4)C(=O)NC3c3ccc(C)cc3)n2)cc1OC. The number of hydrogen-bond acceptors (Lipinski definition) is 6. The molecular formula is C29H28N4O4. The van der Waals surface area contributed by atoms with Gasteiger partial charge in [-0.05, 0) is 62.2 Å². The Morgan fingerprint density at radius 3 is 2.35 bits per heavy atom. The van der Waals surface area contributed by atoms with Crippen molar-refractivity contribution in [3.63, 3.8) is 0 Å². The summed E-state index contributed by atoms with van der Waals surface area (Å²) in [4.78, 5) is 19.8. The highest BCUT2D eigenvalue weighted by Crippen LogP contribution is 2.40. The first kappa shape index (κ1) is 24.1. The normalized spacial score (nSPS) is 15.5. The van der Waals surface area contributed by atoms with Gasteiger partial charge in [0.1, 0.15) is 0 Å². The van der Waals surface area contributed by atoms with Gasteiger partial charge in [0.25, 0.3) is 5.89 Å². The first-order chi connectivity index (χ1) is 17.9. The zero-order chi connectivity index (χ0) is 26.1. The summed E-state index contributed by atoms with van der Waals surface area (Å²) in [7, 11) is 3.16. The van der Waals surface area contributed by atoms with E-state index in [-0.39, 0.29) is 6.03 Å². The smallest absolute Gasteiger partial charge is 0.326 e. The first-order valence-corrected chi connectivity index (χ1v) is 11.9. The van der Waals surface area contributed by atoms with E-state index in [0.29, 0.717) is 34.5 Å². The molecule has 1 N–H and O–H groups in total. The van der Waals surface area contributed by atoms with Crippen molar-refractivity contribution in [3.8, 4) is 22.9 Å². The molecule has 8 heteroatoms. The molecule has 0 bridgehead atoms. The van der Waals surface area contributed by atoms with Gasteiger partial charge in [-0.25, -0.2) is 4.79 Å². The van der Waals surface area contributed by atoms with Gasteiger partial charge in [-0.15, -0.1) is 0 Å². The second kappa shape index (κ2) is 9.81. The lowest BCUT2D eigenvalue weighted by atomic mass is 9.94. The van der Waals surface area contributed by atoms with Crippen molar-refractivity contribution in [2.45, 2.75) is 26.8 Å². The zero-order valence-corrected chi connectivity index (χ0v) is 21.4. The fourth-order valence-corrected chi connectivity index (χ4v) is 4.53. The van der Waals surface area contributed by atoms with E-state index in [0.717, 1.165) is 28.0 Å². The van der Waals surface area contributed by atoms with Crippen molar-refractivity contribution < 1.29 is 18.8 Å². The molecule has 1 aliphatic heterocycles. The Morgan fingerprint density at radius 2 is 1.65 bits per heavy atom. The molecule has 8 nitrogen and oxygen atoms in total. The number of aryl methyl sites for hydroxylation is 2. The summed E-state index contributed by atoms with van der Waals surface area (Å²) in [6, 6.07) is 20.6. The number of nitrogens with zero attached hydrogens (tertiary/aromatic N) is 3. The van der Waals surface area contributed by atoms with E-state index in [1.807, 2.05) is 75.4 Å². The average Bonchev–Trinajstić information content (AvgIpc) is 3.38. The molecule has 1 atom stereocenters. The number of carbonyl (C=O) groups excluding carboxylic acids is 1. The minimum Gasteiger partial charge on any atom is -0.493 e. The van der Waals surface area contributed by atoms with Crippen LogP contribution in [0.4, 0.5) is 10.5 Å². The predicted molar refractivity (Wildman–Crippen MR) is 142 cm³/mol. The number of benzene rings is 3. The van der Waals surface area contributed by atoms with Crippen LogP contribution in [0.25, 0.3) is 17.0 Å². The van der Waals surface area contributed by atoms with Crippen LogP contribution in [0.5, 0.6) is 11.5 Å². The molecule has 5 rings (SSSR count). The maximum atomic E-state index is 13.4. The first-order valence-electron chi connectivity index (χ1n) is 11.9. The van der Waals surface area contributed by atoms with Gasteiger partial charge in [0.05, 0.1) is 31.5 Å². The van der Waals surface area contributed by atoms with Crippen molar-refractivity contribution in [1.29, 1.82) is 0 Å². The Hall–Kier alpha value is -4.59. The number of methoxy groups -OCH3 is 2. The summed E-state index contributed by atoms with van der Waals surface area (Å²) in [5.74, 6) is 1.90. The Morgan fingerprint density at radius 1 is 0.892 bits per heavy atom. The van der Waals surface area contributed by atoms with Crippen molar-refractivity contribution >= 4 is 17.3 Å². The number of urea groups is 1. The average molecular weight is 497 g/mol. The highest BCUT2D eigenvalue weighted by atomic mass is 16.5. The van der Waals surface area contributed by atoms with Crippen LogP contribution >= 0.6 is 0 Å². The van der Waals surface area contributed by atoms with E-state index >= 15 is 0 Å². The van der Waals surface area contributed by atoms with Gasteiger partial charge in [0.2, 0.25) is 5.82 Å². The number of anilines is 1. The largest absolute Gasteiger partial charge is 0.493 e. The molecule has 188 valence electrons. The third kappa shape index (κ3) is 4.53. The van der Waals surface area contributed by atoms with Crippen molar-refractivity contribution in [2.24, 2.45) is 0 Å². The van der Waals surface area contributed by atoms with E-state index in [4.69, 9.17) is 19.0 Å². The molecule has 1 aliphatic rings. The van der Waals surface area contributed by atoms with Crippen molar-refractivity contribution in [2.75, 3.05) is 19.1 Å². The van der Waals surface area contributed by atoms with Gasteiger partial charge in [0, 0.05) is 11.3 Å². The monoisotopic (exact) mass is 496 g/mol. The zero-order valence-electron chi connectivity index (χ0n) is 21.4. The second-order valence-corrected chi connectivity index (χ2v) is 8.96. The van der Waals surface area contributed by atoms with Crippen molar-refractivity contribution in [3.05, 3.63) is 95.0 Å². The minimum absolute atomic E-state index is 0.225. The van der Waals surface area contributed by atoms with Crippen LogP contribution in [-0.4, -0.2) is 30.4 Å². The van der Waals surface area contributed by atoms with Crippen LogP contribution in [0.15, 0.2) is 77.0 Å². The van der Waals surface area contributed by atoms with E-state index < -0.39 is 6.04 Å². The van der Waals surface area contributed by atoms with E-state index in [1.165, 1.54) is 0 Å². The fourth-order valence-electron chi connectivity index (χ4n) is 4.53. The highest BCUT2D eigenvalue weighted by molar-refractivity contribution is 6.01. The number of carbonyl (C=O) groups is 1. The number of allylic oxidation sites excluding steroid dienone is 1. The predicted octanol–water partition coefficient (Wildman–Crippen LogP) is 6.07. The van der Waals surface area contributed by atoms with Crippen LogP contribution in [-0.2, 0) is 0 Å². The third-order valence-electron chi connectivity index (χ3n) is 6.45. The molecule has 0 saturated heterocycles. The van der Waals surface area contributed by atoms with Crippen LogP contribution in [0, 0.1) is 13.8 Å². The number of aromatic nitrogens is 2. The molecule has 0 fully saturated rings. The molecule has 0 radical (unpaired) electrons. The summed E-state index contributed by atoms with van der Waals surface area (Å²) in [6.07, 6.45) is 0. The van der Waals surface area contributed by atoms with Crippen LogP contribution in [0.2, 0.25) is 0 Å². The van der Waals surface area contributed by atoms with E-state index in [9.17, 15) is 4.79 Å². The molecule has 1 aromatic heterocycles. The Kier molecular flexibility index (Phi) is 6.40. The molecule has 4 aromatic rings. The number of ether oxygens (including phenoxy) is 2. The summed E-state index contributed by atoms with van der Waals surface area (Å²) in [5.41, 5.74) is 6.01. The standard InChI is InChI=1S/C29H28N4O4/c1-17-9-11-20(12-10-17)26-25(19(3)33(29(34)30-26)22-8-6-7-18(2)15-22)28-31-27(32-37-28)21-13-14-23(35-4)24(16-21)36-5/h6-16,26H,1-5H3,(H,30,34). The maximum absolute atomic E-state index is 13.4. The second-order valence-electron chi connectivity index (χ2n) is 8.96. The lowest BCUT2D eigenvalue weighted by Crippen LogP contribution is -2.46. The fraction of sp³-hybridized carbons (Fsp3) is 0.207. The molecular weight excluding hydrogens is 468 g/mol. The highest BCUT2D eigenvalue weighted by Gasteiger charge is 2.36. The Labute approximate surface area is 215 Å². The van der Waals surface area contributed by atoms with Gasteiger partial charge in [0.15, 0.2) is 11.5 Å². The van der Waals surface area contributed by atoms with Crippen LogP contribution < -0.4 is 19.7 Å². The number of rotatable bonds is 6. The quantitative estimate of drug-likeness (QED) is 0.348. The van der Waals surface area contributed by atoms with Gasteiger partial charge in [-0.1, -0.05) is 47.1 Å². The van der Waals surface area contributed by atoms with Gasteiger partial charge >= 0.3 is 6.03 Å². The van der Waals surface area contributed by atoms with Gasteiger partial charge in [-0.2, -0.15) is 4.98 Å². The molecule has 0 spiro atoms. The molecule has 2 amide bonds. The summed E-state index contributed by atoms with van der Waals surface area (Å²) >= 11 is 0. The van der Waals surface area contributed by atoms with Crippen molar-refractivity contribution in [1.82, 2.24) is 15.5 Å². The third-order valence-corrected chi connectivity index (χ3v) is 6.45. The Balaban J connectivity index is 1.64. The van der Waals surface area contributed by atoms with E-state index in [2.05, 4.69) is 10.5 Å².